The number of benzene rings is 2. The van der Waals surface area contributed by atoms with Gasteiger partial charge in [-0.15, -0.1) is 0 Å². The number of anilines is 1. The first kappa shape index (κ1) is 26.3. The topological polar surface area (TPSA) is 96.6 Å². The molecular weight excluding hydrogens is 519 g/mol. The van der Waals surface area contributed by atoms with Crippen molar-refractivity contribution < 1.29 is 31.1 Å². The molecule has 6 nitrogen and oxygen atoms in total. The molecule has 0 saturated heterocycles. The largest absolute Gasteiger partial charge is 0.507 e. The van der Waals surface area contributed by atoms with E-state index in [2.05, 4.69) is 4.72 Å². The van der Waals surface area contributed by atoms with Gasteiger partial charge in [0.15, 0.2) is 0 Å². The van der Waals surface area contributed by atoms with Crippen LogP contribution < -0.4 is 10.3 Å². The lowest BCUT2D eigenvalue weighted by molar-refractivity contribution is -0.137. The highest BCUT2D eigenvalue weighted by molar-refractivity contribution is 7.92. The quantitative estimate of drug-likeness (QED) is 0.374. The van der Waals surface area contributed by atoms with Crippen LogP contribution in [0.4, 0.5) is 18.9 Å². The molecule has 38 heavy (non-hydrogen) atoms. The summed E-state index contributed by atoms with van der Waals surface area (Å²) in [5.74, 6) is 0.143. The van der Waals surface area contributed by atoms with Gasteiger partial charge in [-0.05, 0) is 80.0 Å². The highest BCUT2D eigenvalue weighted by atomic mass is 32.2. The Morgan fingerprint density at radius 3 is 2.32 bits per heavy atom. The lowest BCUT2D eigenvalue weighted by Gasteiger charge is -2.22. The minimum atomic E-state index is -4.57. The molecule has 3 aromatic rings. The average Bonchev–Trinajstić information content (AvgIpc) is 3.67. The van der Waals surface area contributed by atoms with Crippen molar-refractivity contribution >= 4 is 15.7 Å². The number of nitrogens with one attached hydrogen (secondary N) is 1. The number of hydrogen-bond donors (Lipinski definition) is 2. The summed E-state index contributed by atoms with van der Waals surface area (Å²) < 4.78 is 72.5. The third-order valence-corrected chi connectivity index (χ3v) is 8.69. The van der Waals surface area contributed by atoms with Crippen LogP contribution >= 0.6 is 0 Å². The van der Waals surface area contributed by atoms with E-state index in [1.165, 1.54) is 6.07 Å². The zero-order valence-corrected chi connectivity index (χ0v) is 21.4. The zero-order valence-electron chi connectivity index (χ0n) is 20.6. The molecule has 1 heterocycles. The first-order chi connectivity index (χ1) is 18.0. The third kappa shape index (κ3) is 5.45. The average molecular weight is 548 g/mol. The fourth-order valence-electron chi connectivity index (χ4n) is 5.23. The van der Waals surface area contributed by atoms with Crippen molar-refractivity contribution in [2.24, 2.45) is 5.92 Å². The predicted molar refractivity (Wildman–Crippen MR) is 136 cm³/mol. The molecule has 1 unspecified atom stereocenters. The molecule has 0 spiro atoms. The van der Waals surface area contributed by atoms with Gasteiger partial charge >= 0.3 is 11.8 Å². The van der Waals surface area contributed by atoms with Crippen LogP contribution in [0.1, 0.15) is 72.5 Å². The van der Waals surface area contributed by atoms with Crippen molar-refractivity contribution in [2.45, 2.75) is 68.4 Å². The molecule has 0 radical (unpaired) electrons. The number of aryl methyl sites for hydroxylation is 1. The summed E-state index contributed by atoms with van der Waals surface area (Å²) in [6, 6.07) is 9.79. The fourth-order valence-corrected chi connectivity index (χ4v) is 6.28. The van der Waals surface area contributed by atoms with Crippen LogP contribution in [0, 0.1) is 5.92 Å². The van der Waals surface area contributed by atoms with Gasteiger partial charge in [0, 0.05) is 23.6 Å². The van der Waals surface area contributed by atoms with Crippen LogP contribution in [0.3, 0.4) is 0 Å². The van der Waals surface area contributed by atoms with Gasteiger partial charge in [-0.1, -0.05) is 25.0 Å². The number of rotatable bonds is 6. The number of halogens is 3. The van der Waals surface area contributed by atoms with Crippen molar-refractivity contribution in [1.29, 1.82) is 0 Å². The highest BCUT2D eigenvalue weighted by Gasteiger charge is 2.38. The van der Waals surface area contributed by atoms with Gasteiger partial charge in [-0.3, -0.25) is 4.72 Å². The van der Waals surface area contributed by atoms with Crippen LogP contribution in [-0.4, -0.2) is 13.5 Å². The summed E-state index contributed by atoms with van der Waals surface area (Å²) >= 11 is 0. The van der Waals surface area contributed by atoms with E-state index < -0.39 is 33.3 Å². The second-order valence-corrected chi connectivity index (χ2v) is 11.7. The number of aromatic hydroxyl groups is 1. The Bertz CT molecular complexity index is 1490. The minimum absolute atomic E-state index is 0.0224. The molecule has 2 aromatic carbocycles. The number of sulfonamides is 1. The number of hydrogen-bond acceptors (Lipinski definition) is 5. The summed E-state index contributed by atoms with van der Waals surface area (Å²) in [7, 11) is -4.17. The van der Waals surface area contributed by atoms with Crippen molar-refractivity contribution in [3.05, 3.63) is 87.0 Å². The van der Waals surface area contributed by atoms with Crippen molar-refractivity contribution in [3.8, 4) is 5.75 Å². The molecule has 0 bridgehead atoms. The van der Waals surface area contributed by atoms with E-state index in [4.69, 9.17) is 4.42 Å². The lowest BCUT2D eigenvalue weighted by atomic mass is 9.85. The Balaban J connectivity index is 1.48. The Hall–Kier alpha value is -3.27. The maximum Gasteiger partial charge on any atom is 0.416 e. The van der Waals surface area contributed by atoms with E-state index in [9.17, 15) is 31.5 Å². The summed E-state index contributed by atoms with van der Waals surface area (Å²) in [5.41, 5.74) is 0.213. The van der Waals surface area contributed by atoms with E-state index >= 15 is 0 Å². The van der Waals surface area contributed by atoms with Gasteiger partial charge in [-0.25, -0.2) is 13.2 Å². The highest BCUT2D eigenvalue weighted by Crippen LogP contribution is 2.49. The molecule has 10 heteroatoms. The van der Waals surface area contributed by atoms with Gasteiger partial charge in [-0.2, -0.15) is 13.2 Å². The maximum atomic E-state index is 13.1. The predicted octanol–water partition coefficient (Wildman–Crippen LogP) is 6.37. The SMILES string of the molecule is O=c1oc2c(c(O)c1C(c1cccc(NS(=O)(=O)c3ccc(C(F)(F)F)cc3)c1)C1CC1)CCCCCC2. The summed E-state index contributed by atoms with van der Waals surface area (Å²) in [6.07, 6.45) is 2.23. The molecule has 2 aliphatic rings. The Morgan fingerprint density at radius 2 is 1.66 bits per heavy atom. The van der Waals surface area contributed by atoms with E-state index in [1.54, 1.807) is 18.2 Å². The molecule has 1 saturated carbocycles. The second-order valence-electron chi connectivity index (χ2n) is 10.0. The van der Waals surface area contributed by atoms with Crippen LogP contribution in [0.2, 0.25) is 0 Å². The number of fused-ring (bicyclic) bond motifs is 1. The first-order valence-corrected chi connectivity index (χ1v) is 14.2. The Morgan fingerprint density at radius 1 is 0.974 bits per heavy atom. The normalized spacial score (nSPS) is 17.2. The van der Waals surface area contributed by atoms with Gasteiger partial charge in [0.25, 0.3) is 10.0 Å². The summed E-state index contributed by atoms with van der Waals surface area (Å²) in [4.78, 5) is 12.8. The lowest BCUT2D eigenvalue weighted by Crippen LogP contribution is -2.19. The molecule has 2 N–H and O–H groups in total. The van der Waals surface area contributed by atoms with Crippen molar-refractivity contribution in [2.75, 3.05) is 4.72 Å². The first-order valence-electron chi connectivity index (χ1n) is 12.7. The smallest absolute Gasteiger partial charge is 0.416 e. The summed E-state index contributed by atoms with van der Waals surface area (Å²) in [5, 5.41) is 11.3. The van der Waals surface area contributed by atoms with Crippen molar-refractivity contribution in [3.63, 3.8) is 0 Å². The monoisotopic (exact) mass is 547 g/mol. The van der Waals surface area contributed by atoms with Gasteiger partial charge in [0.2, 0.25) is 0 Å². The van der Waals surface area contributed by atoms with E-state index in [-0.39, 0.29) is 27.8 Å². The molecule has 202 valence electrons. The van der Waals surface area contributed by atoms with E-state index in [1.807, 2.05) is 0 Å². The molecule has 5 rings (SSSR count). The molecule has 1 atom stereocenters. The fraction of sp³-hybridized carbons (Fsp3) is 0.393. The van der Waals surface area contributed by atoms with Crippen LogP contribution in [0.15, 0.2) is 62.6 Å². The van der Waals surface area contributed by atoms with Crippen molar-refractivity contribution in [1.82, 2.24) is 0 Å². The van der Waals surface area contributed by atoms with Crippen LogP contribution in [-0.2, 0) is 29.0 Å². The maximum absolute atomic E-state index is 13.1. The molecular formula is C28H28F3NO5S. The number of alkyl halides is 3. The van der Waals surface area contributed by atoms with Gasteiger partial charge < -0.3 is 9.52 Å². The van der Waals surface area contributed by atoms with Crippen LogP contribution in [0.5, 0.6) is 5.75 Å². The van der Waals surface area contributed by atoms with Crippen LogP contribution in [0.25, 0.3) is 0 Å². The molecule has 0 aliphatic heterocycles. The zero-order chi connectivity index (χ0) is 27.1. The standard InChI is InChI=1S/C28H28F3NO5S/c29-28(30,31)19-12-14-21(15-13-19)38(35,36)32-20-7-5-6-18(16-20)24(17-10-11-17)25-26(33)22-8-3-1-2-4-9-23(22)37-27(25)34/h5-7,12-17,24,32-33H,1-4,8-11H2. The van der Waals surface area contributed by atoms with E-state index in [0.717, 1.165) is 62.8 Å². The molecule has 0 amide bonds. The third-order valence-electron chi connectivity index (χ3n) is 7.29. The molecule has 1 fully saturated rings. The summed E-state index contributed by atoms with van der Waals surface area (Å²) in [6.45, 7) is 0. The van der Waals surface area contributed by atoms with Gasteiger partial charge in [0.1, 0.15) is 11.5 Å². The second kappa shape index (κ2) is 10.1. The molecule has 1 aromatic heterocycles. The van der Waals surface area contributed by atoms with Gasteiger partial charge in [0.05, 0.1) is 16.0 Å². The minimum Gasteiger partial charge on any atom is -0.507 e. The van der Waals surface area contributed by atoms with E-state index in [0.29, 0.717) is 29.7 Å². The molecule has 2 aliphatic carbocycles. The Kier molecular flexibility index (Phi) is 7.02. The Labute approximate surface area is 218 Å².